The van der Waals surface area contributed by atoms with Gasteiger partial charge in [-0.25, -0.2) is 4.98 Å². The lowest BCUT2D eigenvalue weighted by Gasteiger charge is -2.04. The van der Waals surface area contributed by atoms with Crippen molar-refractivity contribution in [2.45, 2.75) is 6.42 Å². The summed E-state index contributed by atoms with van der Waals surface area (Å²) in [6.45, 7) is 0.546. The molecule has 0 unspecified atom stereocenters. The molecule has 0 N–H and O–H groups in total. The highest BCUT2D eigenvalue weighted by Gasteiger charge is 1.97. The van der Waals surface area contributed by atoms with Gasteiger partial charge < -0.3 is 4.74 Å². The molecule has 0 amide bonds. The van der Waals surface area contributed by atoms with E-state index in [-0.39, 0.29) is 0 Å². The van der Waals surface area contributed by atoms with Crippen molar-refractivity contribution in [1.29, 1.82) is 0 Å². The second-order valence-electron chi connectivity index (χ2n) is 3.22. The van der Waals surface area contributed by atoms with Crippen molar-refractivity contribution in [3.8, 4) is 5.88 Å². The molecule has 0 saturated carbocycles. The molecule has 4 heteroatoms. The van der Waals surface area contributed by atoms with E-state index in [0.29, 0.717) is 17.6 Å². The summed E-state index contributed by atoms with van der Waals surface area (Å²) in [5.41, 5.74) is 1.00. The Balaban J connectivity index is 1.85. The van der Waals surface area contributed by atoms with Gasteiger partial charge in [0, 0.05) is 24.4 Å². The quantitative estimate of drug-likeness (QED) is 0.763. The van der Waals surface area contributed by atoms with Crippen LogP contribution >= 0.6 is 11.6 Å². The van der Waals surface area contributed by atoms with Gasteiger partial charge in [0.15, 0.2) is 0 Å². The summed E-state index contributed by atoms with van der Waals surface area (Å²) in [4.78, 5) is 8.23. The van der Waals surface area contributed by atoms with Crippen molar-refractivity contribution >= 4 is 11.6 Å². The molecular formula is C12H11ClN2O. The first-order chi connectivity index (χ1) is 7.84. The molecule has 2 rings (SSSR count). The fourth-order valence-electron chi connectivity index (χ4n) is 1.28. The van der Waals surface area contributed by atoms with E-state index < -0.39 is 0 Å². The number of nitrogens with zero attached hydrogens (tertiary/aromatic N) is 2. The summed E-state index contributed by atoms with van der Waals surface area (Å²) in [6, 6.07) is 11.1. The van der Waals surface area contributed by atoms with Crippen LogP contribution in [0, 0.1) is 0 Å². The van der Waals surface area contributed by atoms with E-state index in [1.807, 2.05) is 24.3 Å². The summed E-state index contributed by atoms with van der Waals surface area (Å²) in [6.07, 6.45) is 2.53. The Labute approximate surface area is 99.1 Å². The average molecular weight is 235 g/mol. The molecule has 0 spiro atoms. The summed E-state index contributed by atoms with van der Waals surface area (Å²) in [5.74, 6) is 0.545. The zero-order valence-electron chi connectivity index (χ0n) is 8.64. The van der Waals surface area contributed by atoms with Gasteiger partial charge in [-0.15, -0.1) is 0 Å². The van der Waals surface area contributed by atoms with Crippen LogP contribution in [0.3, 0.4) is 0 Å². The first kappa shape index (κ1) is 10.9. The maximum Gasteiger partial charge on any atom is 0.214 e. The van der Waals surface area contributed by atoms with Gasteiger partial charge >= 0.3 is 0 Å². The monoisotopic (exact) mass is 234 g/mol. The molecular weight excluding hydrogens is 224 g/mol. The van der Waals surface area contributed by atoms with Crippen LogP contribution < -0.4 is 4.74 Å². The topological polar surface area (TPSA) is 35.0 Å². The van der Waals surface area contributed by atoms with E-state index in [2.05, 4.69) is 9.97 Å². The fraction of sp³-hybridized carbons (Fsp3) is 0.167. The van der Waals surface area contributed by atoms with Gasteiger partial charge in [-0.3, -0.25) is 4.98 Å². The fourth-order valence-corrected chi connectivity index (χ4v) is 1.43. The second kappa shape index (κ2) is 5.47. The van der Waals surface area contributed by atoms with Crippen LogP contribution in [0.15, 0.2) is 42.6 Å². The summed E-state index contributed by atoms with van der Waals surface area (Å²) in [7, 11) is 0. The van der Waals surface area contributed by atoms with Crippen molar-refractivity contribution in [1.82, 2.24) is 9.97 Å². The third-order valence-corrected chi connectivity index (χ3v) is 2.23. The first-order valence-electron chi connectivity index (χ1n) is 5.00. The Morgan fingerprint density at radius 3 is 2.81 bits per heavy atom. The molecule has 16 heavy (non-hydrogen) atoms. The average Bonchev–Trinajstić information content (AvgIpc) is 2.30. The Bertz CT molecular complexity index is 448. The number of aromatic nitrogens is 2. The van der Waals surface area contributed by atoms with Crippen LogP contribution in [-0.2, 0) is 6.42 Å². The minimum Gasteiger partial charge on any atom is -0.477 e. The molecule has 2 aromatic rings. The van der Waals surface area contributed by atoms with Crippen molar-refractivity contribution in [2.75, 3.05) is 6.61 Å². The van der Waals surface area contributed by atoms with E-state index in [1.54, 1.807) is 18.3 Å². The Morgan fingerprint density at radius 1 is 1.12 bits per heavy atom. The van der Waals surface area contributed by atoms with Crippen molar-refractivity contribution in [3.05, 3.63) is 53.4 Å². The Morgan fingerprint density at radius 2 is 2.06 bits per heavy atom. The zero-order valence-corrected chi connectivity index (χ0v) is 9.39. The van der Waals surface area contributed by atoms with Gasteiger partial charge in [0.25, 0.3) is 0 Å². The predicted octanol–water partition coefficient (Wildman–Crippen LogP) is 2.75. The van der Waals surface area contributed by atoms with Gasteiger partial charge in [-0.1, -0.05) is 23.7 Å². The van der Waals surface area contributed by atoms with Gasteiger partial charge in [0.2, 0.25) is 5.88 Å². The van der Waals surface area contributed by atoms with Crippen molar-refractivity contribution in [3.63, 3.8) is 0 Å². The third kappa shape index (κ3) is 3.21. The van der Waals surface area contributed by atoms with Crippen LogP contribution in [0.1, 0.15) is 5.69 Å². The molecule has 0 aliphatic heterocycles. The molecule has 0 aliphatic carbocycles. The Kier molecular flexibility index (Phi) is 3.72. The number of ether oxygens (including phenoxy) is 1. The SMILES string of the molecule is Clc1cccc(OCCc2ccccn2)n1. The number of rotatable bonds is 4. The highest BCUT2D eigenvalue weighted by molar-refractivity contribution is 6.29. The highest BCUT2D eigenvalue weighted by atomic mass is 35.5. The molecule has 0 aliphatic rings. The van der Waals surface area contributed by atoms with Gasteiger partial charge in [-0.2, -0.15) is 0 Å². The van der Waals surface area contributed by atoms with E-state index in [9.17, 15) is 0 Å². The van der Waals surface area contributed by atoms with Gasteiger partial charge in [0.05, 0.1) is 6.61 Å². The second-order valence-corrected chi connectivity index (χ2v) is 3.61. The van der Waals surface area contributed by atoms with Gasteiger partial charge in [-0.05, 0) is 18.2 Å². The van der Waals surface area contributed by atoms with Crippen molar-refractivity contribution < 1.29 is 4.74 Å². The smallest absolute Gasteiger partial charge is 0.214 e. The zero-order chi connectivity index (χ0) is 11.2. The lowest BCUT2D eigenvalue weighted by Crippen LogP contribution is -2.03. The van der Waals surface area contributed by atoms with Crippen molar-refractivity contribution in [2.24, 2.45) is 0 Å². The molecule has 0 atom stereocenters. The molecule has 0 bridgehead atoms. The lowest BCUT2D eigenvalue weighted by molar-refractivity contribution is 0.308. The van der Waals surface area contributed by atoms with E-state index in [1.165, 1.54) is 0 Å². The number of pyridine rings is 2. The maximum atomic E-state index is 5.74. The lowest BCUT2D eigenvalue weighted by atomic mass is 10.3. The standard InChI is InChI=1S/C12H11ClN2O/c13-11-5-3-6-12(15-11)16-9-7-10-4-1-2-8-14-10/h1-6,8H,7,9H2. The third-order valence-electron chi connectivity index (χ3n) is 2.02. The summed E-state index contributed by atoms with van der Waals surface area (Å²) >= 11 is 5.74. The highest BCUT2D eigenvalue weighted by Crippen LogP contribution is 2.11. The van der Waals surface area contributed by atoms with Crippen LogP contribution in [0.4, 0.5) is 0 Å². The van der Waals surface area contributed by atoms with Crippen LogP contribution in [0.25, 0.3) is 0 Å². The van der Waals surface area contributed by atoms with Crippen LogP contribution in [0.2, 0.25) is 5.15 Å². The molecule has 2 aromatic heterocycles. The number of hydrogen-bond donors (Lipinski definition) is 0. The largest absolute Gasteiger partial charge is 0.477 e. The van der Waals surface area contributed by atoms with Crippen LogP contribution in [0.5, 0.6) is 5.88 Å². The van der Waals surface area contributed by atoms with Gasteiger partial charge in [0.1, 0.15) is 5.15 Å². The minimum absolute atomic E-state index is 0.440. The molecule has 2 heterocycles. The molecule has 82 valence electrons. The number of hydrogen-bond acceptors (Lipinski definition) is 3. The van der Waals surface area contributed by atoms with Crippen LogP contribution in [-0.4, -0.2) is 16.6 Å². The predicted molar refractivity (Wildman–Crippen MR) is 62.7 cm³/mol. The van der Waals surface area contributed by atoms with E-state index >= 15 is 0 Å². The van der Waals surface area contributed by atoms with E-state index in [4.69, 9.17) is 16.3 Å². The summed E-state index contributed by atoms with van der Waals surface area (Å²) < 4.78 is 5.46. The minimum atomic E-state index is 0.440. The number of halogens is 1. The van der Waals surface area contributed by atoms with E-state index in [0.717, 1.165) is 12.1 Å². The molecule has 0 saturated heterocycles. The molecule has 0 aromatic carbocycles. The Hall–Kier alpha value is -1.61. The first-order valence-corrected chi connectivity index (χ1v) is 5.38. The molecule has 0 radical (unpaired) electrons. The maximum absolute atomic E-state index is 5.74. The summed E-state index contributed by atoms with van der Waals surface area (Å²) in [5, 5.41) is 0.440. The molecule has 3 nitrogen and oxygen atoms in total. The molecule has 0 fully saturated rings. The normalized spacial score (nSPS) is 10.1.